The number of nitrogens with zero attached hydrogens (tertiary/aromatic N) is 2. The van der Waals surface area contributed by atoms with Gasteiger partial charge in [-0.25, -0.2) is 0 Å². The minimum atomic E-state index is -0.446. The van der Waals surface area contributed by atoms with Crippen LogP contribution in [0.25, 0.3) is 4.91 Å². The molecule has 1 unspecified atom stereocenters. The Bertz CT molecular complexity index is 527. The van der Waals surface area contributed by atoms with Crippen molar-refractivity contribution in [3.8, 4) is 0 Å². The van der Waals surface area contributed by atoms with Gasteiger partial charge in [0.05, 0.1) is 4.92 Å². The van der Waals surface area contributed by atoms with Crippen LogP contribution < -0.4 is 5.73 Å². The molecule has 1 aliphatic heterocycles. The van der Waals surface area contributed by atoms with Crippen LogP contribution in [0.4, 0.5) is 5.69 Å². The van der Waals surface area contributed by atoms with Crippen molar-refractivity contribution in [2.75, 3.05) is 7.05 Å². The van der Waals surface area contributed by atoms with Gasteiger partial charge in [0.1, 0.15) is 0 Å². The molecule has 2 rings (SSSR count). The Hall–Kier alpha value is -2.02. The van der Waals surface area contributed by atoms with Crippen molar-refractivity contribution in [3.63, 3.8) is 0 Å². The van der Waals surface area contributed by atoms with Gasteiger partial charge in [0, 0.05) is 30.3 Å². The summed E-state index contributed by atoms with van der Waals surface area (Å²) in [4.78, 5) is 23.9. The van der Waals surface area contributed by atoms with Crippen molar-refractivity contribution < 1.29 is 9.72 Å². The molecule has 6 nitrogen and oxygen atoms in total. The summed E-state index contributed by atoms with van der Waals surface area (Å²) < 4.78 is 0. The van der Waals surface area contributed by atoms with Gasteiger partial charge in [-0.15, -0.1) is 0 Å². The second kappa shape index (κ2) is 4.69. The number of nitro groups is 1. The number of likely N-dealkylation sites (N-methyl/N-ethyl adjacent to an activating group) is 1. The van der Waals surface area contributed by atoms with Crippen LogP contribution in [0.15, 0.2) is 30.5 Å². The van der Waals surface area contributed by atoms with E-state index >= 15 is 0 Å². The van der Waals surface area contributed by atoms with Crippen molar-refractivity contribution >= 4 is 28.3 Å². The lowest BCUT2D eigenvalue weighted by molar-refractivity contribution is -0.384. The smallest absolute Gasteiger partial charge is 0.269 e. The zero-order valence-corrected chi connectivity index (χ0v) is 10.4. The normalized spacial score (nSPS) is 18.6. The maximum atomic E-state index is 11.2. The summed E-state index contributed by atoms with van der Waals surface area (Å²) in [7, 11) is 1.76. The molecule has 2 N–H and O–H groups in total. The lowest BCUT2D eigenvalue weighted by Gasteiger charge is -2.15. The van der Waals surface area contributed by atoms with Gasteiger partial charge >= 0.3 is 0 Å². The molecule has 1 aliphatic rings. The molecule has 94 valence electrons. The second-order valence-corrected chi connectivity index (χ2v) is 4.96. The minimum Gasteiger partial charge on any atom is -0.367 e. The number of primary amides is 1. The van der Waals surface area contributed by atoms with E-state index in [4.69, 9.17) is 5.73 Å². The zero-order valence-electron chi connectivity index (χ0n) is 9.57. The number of hydrogen-bond acceptors (Lipinski definition) is 5. The predicted molar refractivity (Wildman–Crippen MR) is 69.4 cm³/mol. The Morgan fingerprint density at radius 3 is 2.50 bits per heavy atom. The van der Waals surface area contributed by atoms with Crippen LogP contribution in [0.5, 0.6) is 0 Å². The summed E-state index contributed by atoms with van der Waals surface area (Å²) in [5, 5.41) is 10.1. The molecule has 0 spiro atoms. The fraction of sp³-hybridized carbons (Fsp3) is 0.182. The summed E-state index contributed by atoms with van der Waals surface area (Å²) in [6.07, 6.45) is 1.81. The number of carbonyl (C=O) groups is 1. The van der Waals surface area contributed by atoms with Gasteiger partial charge in [0.25, 0.3) is 11.6 Å². The molecule has 1 atom stereocenters. The number of rotatable bonds is 3. The SMILES string of the molecule is CN1C=C(c2ccc([N+](=O)[O-])cc2)SC1C(N)=O. The first-order valence-corrected chi connectivity index (χ1v) is 6.01. The maximum absolute atomic E-state index is 11.2. The van der Waals surface area contributed by atoms with E-state index in [1.807, 2.05) is 0 Å². The molecule has 7 heteroatoms. The van der Waals surface area contributed by atoms with E-state index in [2.05, 4.69) is 0 Å². The number of nitro benzene ring substituents is 1. The summed E-state index contributed by atoms with van der Waals surface area (Å²) in [5.74, 6) is -0.407. The molecule has 18 heavy (non-hydrogen) atoms. The lowest BCUT2D eigenvalue weighted by Crippen LogP contribution is -2.34. The maximum Gasteiger partial charge on any atom is 0.269 e. The van der Waals surface area contributed by atoms with Crippen LogP contribution in [0.1, 0.15) is 5.56 Å². The van der Waals surface area contributed by atoms with Crippen LogP contribution in [0.2, 0.25) is 0 Å². The number of thioether (sulfide) groups is 1. The molecule has 0 radical (unpaired) electrons. The molecule has 0 bridgehead atoms. The van der Waals surface area contributed by atoms with Gasteiger partial charge in [-0.1, -0.05) is 11.8 Å². The first kappa shape index (κ1) is 12.4. The summed E-state index contributed by atoms with van der Waals surface area (Å²) in [5.41, 5.74) is 6.15. The monoisotopic (exact) mass is 265 g/mol. The highest BCUT2D eigenvalue weighted by Gasteiger charge is 2.28. The molecule has 0 saturated carbocycles. The van der Waals surface area contributed by atoms with Crippen molar-refractivity contribution in [2.45, 2.75) is 5.37 Å². The Kier molecular flexibility index (Phi) is 3.24. The number of benzene rings is 1. The molecule has 1 aromatic carbocycles. The van der Waals surface area contributed by atoms with Crippen molar-refractivity contribution in [2.24, 2.45) is 5.73 Å². The van der Waals surface area contributed by atoms with Gasteiger partial charge in [0.2, 0.25) is 0 Å². The average molecular weight is 265 g/mol. The molecule has 1 heterocycles. The van der Waals surface area contributed by atoms with Crippen molar-refractivity contribution in [3.05, 3.63) is 46.1 Å². The zero-order chi connectivity index (χ0) is 13.3. The fourth-order valence-corrected chi connectivity index (χ4v) is 2.72. The molecule has 1 aromatic rings. The standard InChI is InChI=1S/C11H11N3O3S/c1-13-6-9(18-11(13)10(12)15)7-2-4-8(5-3-7)14(16)17/h2-6,11H,1H3,(H2,12,15). The van der Waals surface area contributed by atoms with E-state index in [1.54, 1.807) is 30.3 Å². The third kappa shape index (κ3) is 2.30. The summed E-state index contributed by atoms with van der Waals surface area (Å²) in [6, 6.07) is 6.20. The average Bonchev–Trinajstić information content (AvgIpc) is 2.71. The first-order chi connectivity index (χ1) is 8.49. The van der Waals surface area contributed by atoms with Gasteiger partial charge in [-0.2, -0.15) is 0 Å². The quantitative estimate of drug-likeness (QED) is 0.658. The molecule has 0 aliphatic carbocycles. The Labute approximate surface area is 108 Å². The highest BCUT2D eigenvalue weighted by atomic mass is 32.2. The third-order valence-corrected chi connectivity index (χ3v) is 3.92. The Morgan fingerprint density at radius 1 is 1.44 bits per heavy atom. The highest BCUT2D eigenvalue weighted by molar-refractivity contribution is 8.09. The number of amides is 1. The fourth-order valence-electron chi connectivity index (χ4n) is 1.64. The molecule has 0 saturated heterocycles. The molecular weight excluding hydrogens is 254 g/mol. The predicted octanol–water partition coefficient (Wildman–Crippen LogP) is 1.38. The van der Waals surface area contributed by atoms with Crippen LogP contribution >= 0.6 is 11.8 Å². The summed E-state index contributed by atoms with van der Waals surface area (Å²) >= 11 is 1.34. The van der Waals surface area contributed by atoms with E-state index in [0.717, 1.165) is 10.5 Å². The minimum absolute atomic E-state index is 0.0437. The van der Waals surface area contributed by atoms with E-state index < -0.39 is 16.2 Å². The van der Waals surface area contributed by atoms with Crippen molar-refractivity contribution in [1.82, 2.24) is 4.90 Å². The van der Waals surface area contributed by atoms with Gasteiger partial charge in [-0.05, 0) is 17.7 Å². The highest BCUT2D eigenvalue weighted by Crippen LogP contribution is 2.38. The molecule has 1 amide bonds. The van der Waals surface area contributed by atoms with E-state index in [0.29, 0.717) is 0 Å². The van der Waals surface area contributed by atoms with Gasteiger partial charge in [0.15, 0.2) is 5.37 Å². The van der Waals surface area contributed by atoms with Crippen LogP contribution in [0, 0.1) is 10.1 Å². The Morgan fingerprint density at radius 2 is 2.06 bits per heavy atom. The molecule has 0 aromatic heterocycles. The number of carbonyl (C=O) groups excluding carboxylic acids is 1. The third-order valence-electron chi connectivity index (χ3n) is 2.54. The second-order valence-electron chi connectivity index (χ2n) is 3.84. The van der Waals surface area contributed by atoms with E-state index in [9.17, 15) is 14.9 Å². The van der Waals surface area contributed by atoms with Crippen molar-refractivity contribution in [1.29, 1.82) is 0 Å². The Balaban J connectivity index is 2.21. The van der Waals surface area contributed by atoms with Crippen LogP contribution in [-0.2, 0) is 4.79 Å². The number of hydrogen-bond donors (Lipinski definition) is 1. The molecule has 0 fully saturated rings. The lowest BCUT2D eigenvalue weighted by atomic mass is 10.2. The van der Waals surface area contributed by atoms with Crippen LogP contribution in [-0.4, -0.2) is 28.2 Å². The van der Waals surface area contributed by atoms with Crippen LogP contribution in [0.3, 0.4) is 0 Å². The molecular formula is C11H11N3O3S. The number of nitrogens with two attached hydrogens (primary N) is 1. The van der Waals surface area contributed by atoms with E-state index in [1.165, 1.54) is 23.9 Å². The topological polar surface area (TPSA) is 89.5 Å². The summed E-state index contributed by atoms with van der Waals surface area (Å²) in [6.45, 7) is 0. The van der Waals surface area contributed by atoms with Gasteiger partial charge in [-0.3, -0.25) is 14.9 Å². The van der Waals surface area contributed by atoms with E-state index in [-0.39, 0.29) is 5.69 Å². The number of non-ortho nitro benzene ring substituents is 1. The first-order valence-electron chi connectivity index (χ1n) is 5.13. The van der Waals surface area contributed by atoms with Gasteiger partial charge < -0.3 is 10.6 Å². The largest absolute Gasteiger partial charge is 0.367 e.